The second-order valence-corrected chi connectivity index (χ2v) is 6.74. The Morgan fingerprint density at radius 2 is 1.87 bits per heavy atom. The van der Waals surface area contributed by atoms with Crippen molar-refractivity contribution in [3.63, 3.8) is 0 Å². The molecule has 4 heteroatoms. The van der Waals surface area contributed by atoms with Crippen molar-refractivity contribution in [3.05, 3.63) is 35.4 Å². The maximum absolute atomic E-state index is 12.4. The lowest BCUT2D eigenvalue weighted by molar-refractivity contribution is -0.132. The molecule has 0 spiro atoms. The van der Waals surface area contributed by atoms with Crippen molar-refractivity contribution >= 4 is 11.8 Å². The molecule has 2 amide bonds. The molecule has 1 aliphatic rings. The first-order valence-electron chi connectivity index (χ1n) is 8.60. The van der Waals surface area contributed by atoms with Gasteiger partial charge in [0.25, 0.3) is 0 Å². The van der Waals surface area contributed by atoms with Gasteiger partial charge in [-0.15, -0.1) is 0 Å². The number of benzene rings is 1. The van der Waals surface area contributed by atoms with E-state index in [9.17, 15) is 9.59 Å². The SMILES string of the molecule is Cc1ccccc1CCC(=O)N1CCC(NC(=O)C(C)C)CC1. The molecule has 0 saturated carbocycles. The monoisotopic (exact) mass is 316 g/mol. The number of aryl methyl sites for hydroxylation is 2. The summed E-state index contributed by atoms with van der Waals surface area (Å²) in [5.41, 5.74) is 2.50. The van der Waals surface area contributed by atoms with Crippen molar-refractivity contribution in [2.24, 2.45) is 5.92 Å². The van der Waals surface area contributed by atoms with E-state index in [-0.39, 0.29) is 23.8 Å². The van der Waals surface area contributed by atoms with Crippen LogP contribution in [0.4, 0.5) is 0 Å². The number of hydrogen-bond acceptors (Lipinski definition) is 2. The van der Waals surface area contributed by atoms with E-state index in [1.54, 1.807) is 0 Å². The Hall–Kier alpha value is -1.84. The van der Waals surface area contributed by atoms with Gasteiger partial charge in [0.2, 0.25) is 11.8 Å². The molecule has 0 radical (unpaired) electrons. The maximum Gasteiger partial charge on any atom is 0.222 e. The molecule has 1 heterocycles. The van der Waals surface area contributed by atoms with Gasteiger partial charge in [-0.3, -0.25) is 9.59 Å². The summed E-state index contributed by atoms with van der Waals surface area (Å²) in [7, 11) is 0. The lowest BCUT2D eigenvalue weighted by Gasteiger charge is -2.33. The van der Waals surface area contributed by atoms with Gasteiger partial charge < -0.3 is 10.2 Å². The van der Waals surface area contributed by atoms with Crippen molar-refractivity contribution in [2.75, 3.05) is 13.1 Å². The summed E-state index contributed by atoms with van der Waals surface area (Å²) < 4.78 is 0. The maximum atomic E-state index is 12.4. The molecule has 1 aromatic carbocycles. The fourth-order valence-corrected chi connectivity index (χ4v) is 2.93. The topological polar surface area (TPSA) is 49.4 Å². The van der Waals surface area contributed by atoms with Crippen molar-refractivity contribution < 1.29 is 9.59 Å². The molecule has 4 nitrogen and oxygen atoms in total. The largest absolute Gasteiger partial charge is 0.353 e. The Morgan fingerprint density at radius 3 is 2.48 bits per heavy atom. The van der Waals surface area contributed by atoms with Crippen LogP contribution in [-0.4, -0.2) is 35.8 Å². The van der Waals surface area contributed by atoms with E-state index in [1.807, 2.05) is 30.9 Å². The van der Waals surface area contributed by atoms with Crippen molar-refractivity contribution in [3.8, 4) is 0 Å². The first-order chi connectivity index (χ1) is 11.0. The molecular weight excluding hydrogens is 288 g/mol. The van der Waals surface area contributed by atoms with Gasteiger partial charge in [0.1, 0.15) is 0 Å². The van der Waals surface area contributed by atoms with Gasteiger partial charge in [-0.05, 0) is 37.3 Å². The van der Waals surface area contributed by atoms with Crippen LogP contribution in [0.5, 0.6) is 0 Å². The van der Waals surface area contributed by atoms with Crippen LogP contribution in [0.1, 0.15) is 44.2 Å². The van der Waals surface area contributed by atoms with E-state index < -0.39 is 0 Å². The Bertz CT molecular complexity index is 546. The highest BCUT2D eigenvalue weighted by molar-refractivity contribution is 5.78. The molecule has 1 aliphatic heterocycles. The number of hydrogen-bond donors (Lipinski definition) is 1. The van der Waals surface area contributed by atoms with Gasteiger partial charge >= 0.3 is 0 Å². The fraction of sp³-hybridized carbons (Fsp3) is 0.579. The molecule has 0 aromatic heterocycles. The average molecular weight is 316 g/mol. The number of amides is 2. The third kappa shape index (κ3) is 5.08. The highest BCUT2D eigenvalue weighted by Gasteiger charge is 2.24. The smallest absolute Gasteiger partial charge is 0.222 e. The highest BCUT2D eigenvalue weighted by Crippen LogP contribution is 2.15. The lowest BCUT2D eigenvalue weighted by atomic mass is 10.0. The number of nitrogens with one attached hydrogen (secondary N) is 1. The van der Waals surface area contributed by atoms with E-state index in [0.29, 0.717) is 6.42 Å². The van der Waals surface area contributed by atoms with Crippen LogP contribution in [0, 0.1) is 12.8 Å². The first-order valence-corrected chi connectivity index (χ1v) is 8.60. The molecule has 23 heavy (non-hydrogen) atoms. The van der Waals surface area contributed by atoms with Crippen LogP contribution in [-0.2, 0) is 16.0 Å². The molecule has 0 atom stereocenters. The van der Waals surface area contributed by atoms with Gasteiger partial charge in [-0.2, -0.15) is 0 Å². The molecular formula is C19H28N2O2. The Labute approximate surface area is 139 Å². The Morgan fingerprint density at radius 1 is 1.22 bits per heavy atom. The van der Waals surface area contributed by atoms with Gasteiger partial charge in [-0.1, -0.05) is 38.1 Å². The third-order valence-electron chi connectivity index (χ3n) is 4.59. The number of likely N-dealkylation sites (tertiary alicyclic amines) is 1. The molecule has 1 N–H and O–H groups in total. The quantitative estimate of drug-likeness (QED) is 0.908. The van der Waals surface area contributed by atoms with Crippen LogP contribution in [0.2, 0.25) is 0 Å². The third-order valence-corrected chi connectivity index (χ3v) is 4.59. The van der Waals surface area contributed by atoms with Crippen LogP contribution < -0.4 is 5.32 Å². The average Bonchev–Trinajstić information content (AvgIpc) is 2.54. The van der Waals surface area contributed by atoms with Crippen LogP contribution in [0.15, 0.2) is 24.3 Å². The number of rotatable bonds is 5. The summed E-state index contributed by atoms with van der Waals surface area (Å²) in [6, 6.07) is 8.44. The molecule has 0 bridgehead atoms. The minimum Gasteiger partial charge on any atom is -0.353 e. The van der Waals surface area contributed by atoms with E-state index in [2.05, 4.69) is 24.4 Å². The lowest BCUT2D eigenvalue weighted by Crippen LogP contribution is -2.47. The second-order valence-electron chi connectivity index (χ2n) is 6.74. The first kappa shape index (κ1) is 17.5. The van der Waals surface area contributed by atoms with Gasteiger partial charge in [-0.25, -0.2) is 0 Å². The Balaban J connectivity index is 1.75. The minimum atomic E-state index is 0.0174. The van der Waals surface area contributed by atoms with Crippen LogP contribution in [0.25, 0.3) is 0 Å². The summed E-state index contributed by atoms with van der Waals surface area (Å²) in [5.74, 6) is 0.347. The fourth-order valence-electron chi connectivity index (χ4n) is 2.93. The van der Waals surface area contributed by atoms with E-state index in [1.165, 1.54) is 11.1 Å². The molecule has 2 rings (SSSR count). The van der Waals surface area contributed by atoms with Crippen LogP contribution in [0.3, 0.4) is 0 Å². The Kier molecular flexibility index (Phi) is 6.20. The van der Waals surface area contributed by atoms with Gasteiger partial charge in [0.15, 0.2) is 0 Å². The van der Waals surface area contributed by atoms with E-state index >= 15 is 0 Å². The molecule has 1 fully saturated rings. The number of carbonyl (C=O) groups excluding carboxylic acids is 2. The predicted molar refractivity (Wildman–Crippen MR) is 92.1 cm³/mol. The van der Waals surface area contributed by atoms with Crippen molar-refractivity contribution in [1.82, 2.24) is 10.2 Å². The summed E-state index contributed by atoms with van der Waals surface area (Å²) in [5, 5.41) is 3.07. The summed E-state index contributed by atoms with van der Waals surface area (Å²) in [6.07, 6.45) is 3.08. The summed E-state index contributed by atoms with van der Waals surface area (Å²) in [6.45, 7) is 7.38. The second kappa shape index (κ2) is 8.14. The molecule has 126 valence electrons. The highest BCUT2D eigenvalue weighted by atomic mass is 16.2. The van der Waals surface area contributed by atoms with Gasteiger partial charge in [0, 0.05) is 31.5 Å². The predicted octanol–water partition coefficient (Wildman–Crippen LogP) is 2.69. The van der Waals surface area contributed by atoms with Crippen molar-refractivity contribution in [1.29, 1.82) is 0 Å². The number of nitrogens with zero attached hydrogens (tertiary/aromatic N) is 1. The van der Waals surface area contributed by atoms with Gasteiger partial charge in [0.05, 0.1) is 0 Å². The zero-order valence-corrected chi connectivity index (χ0v) is 14.5. The van der Waals surface area contributed by atoms with Crippen molar-refractivity contribution in [2.45, 2.75) is 52.5 Å². The minimum absolute atomic E-state index is 0.0174. The molecule has 0 aliphatic carbocycles. The summed E-state index contributed by atoms with van der Waals surface area (Å²) >= 11 is 0. The summed E-state index contributed by atoms with van der Waals surface area (Å²) in [4.78, 5) is 26.0. The number of carbonyl (C=O) groups is 2. The zero-order valence-electron chi connectivity index (χ0n) is 14.5. The normalized spacial score (nSPS) is 15.7. The van der Waals surface area contributed by atoms with E-state index in [0.717, 1.165) is 32.4 Å². The standard InChI is InChI=1S/C19H28N2O2/c1-14(2)19(23)20-17-10-12-21(13-11-17)18(22)9-8-16-7-5-4-6-15(16)3/h4-7,14,17H,8-13H2,1-3H3,(H,20,23). The molecule has 1 aromatic rings. The van der Waals surface area contributed by atoms with E-state index in [4.69, 9.17) is 0 Å². The number of piperidine rings is 1. The molecule has 0 unspecified atom stereocenters. The molecule has 1 saturated heterocycles. The zero-order chi connectivity index (χ0) is 16.8. The van der Waals surface area contributed by atoms with Crippen LogP contribution >= 0.6 is 0 Å².